The smallest absolute Gasteiger partial charge is 0.168 e. The van der Waals surface area contributed by atoms with Crippen LogP contribution >= 0.6 is 11.6 Å². The number of benzene rings is 1. The van der Waals surface area contributed by atoms with Crippen molar-refractivity contribution in [3.8, 4) is 0 Å². The number of carbonyl (C=O) groups is 1. The molecule has 2 N–H and O–H groups in total. The molecule has 0 atom stereocenters. The molecule has 3 rings (SSSR count). The van der Waals surface area contributed by atoms with Crippen molar-refractivity contribution in [2.75, 3.05) is 6.54 Å². The van der Waals surface area contributed by atoms with E-state index < -0.39 is 0 Å². The van der Waals surface area contributed by atoms with E-state index in [2.05, 4.69) is 0 Å². The number of aryl methyl sites for hydroxylation is 2. The Bertz CT molecular complexity index is 771. The molecule has 0 aliphatic heterocycles. The number of hydrogen-bond acceptors (Lipinski definition) is 4. The fourth-order valence-electron chi connectivity index (χ4n) is 2.50. The SMILES string of the molecule is Cc1cc2c(C(=O)CCN)c3oc(C)cc3c(Cl)c2o1. The fourth-order valence-corrected chi connectivity index (χ4v) is 2.78. The molecule has 0 unspecified atom stereocenters. The Kier molecular flexibility index (Phi) is 3.07. The largest absolute Gasteiger partial charge is 0.461 e. The zero-order chi connectivity index (χ0) is 14.4. The van der Waals surface area contributed by atoms with Crippen molar-refractivity contribution in [1.29, 1.82) is 0 Å². The highest BCUT2D eigenvalue weighted by molar-refractivity contribution is 6.41. The number of nitrogens with two attached hydrogens (primary N) is 1. The Morgan fingerprint density at radius 2 is 1.75 bits per heavy atom. The van der Waals surface area contributed by atoms with E-state index in [1.165, 1.54) is 0 Å². The first-order chi connectivity index (χ1) is 9.52. The topological polar surface area (TPSA) is 69.4 Å². The van der Waals surface area contributed by atoms with E-state index in [1.54, 1.807) is 0 Å². The zero-order valence-corrected chi connectivity index (χ0v) is 12.0. The maximum absolute atomic E-state index is 12.4. The third-order valence-corrected chi connectivity index (χ3v) is 3.67. The quantitative estimate of drug-likeness (QED) is 0.741. The molecule has 3 aromatic rings. The van der Waals surface area contributed by atoms with Crippen LogP contribution in [-0.2, 0) is 0 Å². The first kappa shape index (κ1) is 13.2. The van der Waals surface area contributed by atoms with Gasteiger partial charge in [-0.05, 0) is 32.5 Å². The Balaban J connectivity index is 2.48. The molecule has 5 heteroatoms. The minimum atomic E-state index is -0.0608. The van der Waals surface area contributed by atoms with Gasteiger partial charge in [-0.1, -0.05) is 11.6 Å². The van der Waals surface area contributed by atoms with Crippen molar-refractivity contribution in [2.45, 2.75) is 20.3 Å². The van der Waals surface area contributed by atoms with Gasteiger partial charge in [-0.25, -0.2) is 0 Å². The fraction of sp³-hybridized carbons (Fsp3) is 0.267. The molecule has 0 aliphatic carbocycles. The van der Waals surface area contributed by atoms with Gasteiger partial charge in [-0.3, -0.25) is 4.79 Å². The van der Waals surface area contributed by atoms with E-state index in [9.17, 15) is 4.79 Å². The molecule has 0 radical (unpaired) electrons. The first-order valence-electron chi connectivity index (χ1n) is 6.38. The maximum Gasteiger partial charge on any atom is 0.168 e. The average molecular weight is 292 g/mol. The summed E-state index contributed by atoms with van der Waals surface area (Å²) >= 11 is 6.37. The van der Waals surface area contributed by atoms with Crippen molar-refractivity contribution in [3.63, 3.8) is 0 Å². The lowest BCUT2D eigenvalue weighted by Gasteiger charge is -2.04. The summed E-state index contributed by atoms with van der Waals surface area (Å²) in [6.07, 6.45) is 0.260. The molecule has 0 saturated carbocycles. The van der Waals surface area contributed by atoms with Crippen LogP contribution in [0.25, 0.3) is 21.9 Å². The van der Waals surface area contributed by atoms with Gasteiger partial charge >= 0.3 is 0 Å². The predicted octanol–water partition coefficient (Wildman–Crippen LogP) is 3.98. The summed E-state index contributed by atoms with van der Waals surface area (Å²) in [6, 6.07) is 3.62. The molecule has 0 saturated heterocycles. The minimum absolute atomic E-state index is 0.0608. The summed E-state index contributed by atoms with van der Waals surface area (Å²) in [6.45, 7) is 3.93. The van der Waals surface area contributed by atoms with Crippen LogP contribution in [0.2, 0.25) is 5.02 Å². The van der Waals surface area contributed by atoms with Gasteiger partial charge in [0.25, 0.3) is 0 Å². The highest BCUT2D eigenvalue weighted by Gasteiger charge is 2.23. The van der Waals surface area contributed by atoms with E-state index >= 15 is 0 Å². The second-order valence-electron chi connectivity index (χ2n) is 4.85. The second-order valence-corrected chi connectivity index (χ2v) is 5.23. The lowest BCUT2D eigenvalue weighted by molar-refractivity contribution is 0.0987. The number of halogens is 1. The molecule has 2 aromatic heterocycles. The average Bonchev–Trinajstić information content (AvgIpc) is 2.93. The van der Waals surface area contributed by atoms with Gasteiger partial charge in [-0.2, -0.15) is 0 Å². The number of ketones is 1. The van der Waals surface area contributed by atoms with E-state index in [-0.39, 0.29) is 12.2 Å². The van der Waals surface area contributed by atoms with E-state index in [0.29, 0.717) is 50.6 Å². The normalized spacial score (nSPS) is 11.6. The zero-order valence-electron chi connectivity index (χ0n) is 11.2. The van der Waals surface area contributed by atoms with Crippen LogP contribution in [0.4, 0.5) is 0 Å². The van der Waals surface area contributed by atoms with Gasteiger partial charge in [0, 0.05) is 17.2 Å². The summed E-state index contributed by atoms with van der Waals surface area (Å²) in [5, 5.41) is 1.86. The predicted molar refractivity (Wildman–Crippen MR) is 78.5 cm³/mol. The number of furan rings is 2. The lowest BCUT2D eigenvalue weighted by atomic mass is 10.0. The first-order valence-corrected chi connectivity index (χ1v) is 6.75. The molecule has 1 aromatic carbocycles. The van der Waals surface area contributed by atoms with Crippen LogP contribution in [0.1, 0.15) is 28.3 Å². The van der Waals surface area contributed by atoms with E-state index in [4.69, 9.17) is 26.2 Å². The Morgan fingerprint density at radius 3 is 2.40 bits per heavy atom. The molecule has 2 heterocycles. The summed E-state index contributed by atoms with van der Waals surface area (Å²) < 4.78 is 11.3. The van der Waals surface area contributed by atoms with Gasteiger partial charge in [0.2, 0.25) is 0 Å². The van der Waals surface area contributed by atoms with Crippen molar-refractivity contribution in [3.05, 3.63) is 34.2 Å². The van der Waals surface area contributed by atoms with Gasteiger partial charge in [0.1, 0.15) is 17.1 Å². The maximum atomic E-state index is 12.4. The Morgan fingerprint density at radius 1 is 1.15 bits per heavy atom. The molecular weight excluding hydrogens is 278 g/mol. The number of hydrogen-bond donors (Lipinski definition) is 1. The molecule has 20 heavy (non-hydrogen) atoms. The molecular formula is C15H14ClNO3. The molecule has 4 nitrogen and oxygen atoms in total. The van der Waals surface area contributed by atoms with Crippen molar-refractivity contribution in [1.82, 2.24) is 0 Å². The number of rotatable bonds is 3. The summed E-state index contributed by atoms with van der Waals surface area (Å²) in [7, 11) is 0. The van der Waals surface area contributed by atoms with Crippen molar-refractivity contribution in [2.24, 2.45) is 5.73 Å². The highest BCUT2D eigenvalue weighted by Crippen LogP contribution is 2.39. The standard InChI is InChI=1S/C15H14ClNO3/c1-7-5-9-12(11(18)3-4-17)14-10(6-8(2)19-14)13(16)15(9)20-7/h5-6H,3-4,17H2,1-2H3. The number of Topliss-reactive ketones (excluding diaryl/α,β-unsaturated/α-hetero) is 1. The number of carbonyl (C=O) groups excluding carboxylic acids is 1. The third kappa shape index (κ3) is 1.84. The molecule has 104 valence electrons. The van der Waals surface area contributed by atoms with Gasteiger partial charge in [0.05, 0.1) is 10.6 Å². The van der Waals surface area contributed by atoms with Crippen molar-refractivity contribution < 1.29 is 13.6 Å². The summed E-state index contributed by atoms with van der Waals surface area (Å²) in [5.41, 5.74) is 7.04. The molecule has 0 bridgehead atoms. The lowest BCUT2D eigenvalue weighted by Crippen LogP contribution is -2.08. The highest BCUT2D eigenvalue weighted by atomic mass is 35.5. The Labute approximate surface area is 120 Å². The summed E-state index contributed by atoms with van der Waals surface area (Å²) in [4.78, 5) is 12.4. The monoisotopic (exact) mass is 291 g/mol. The van der Waals surface area contributed by atoms with Gasteiger partial charge in [0.15, 0.2) is 11.4 Å². The molecule has 0 aliphatic rings. The Hall–Kier alpha value is -1.78. The van der Waals surface area contributed by atoms with Crippen LogP contribution in [0, 0.1) is 13.8 Å². The van der Waals surface area contributed by atoms with E-state index in [0.717, 1.165) is 0 Å². The van der Waals surface area contributed by atoms with E-state index in [1.807, 2.05) is 26.0 Å². The van der Waals surface area contributed by atoms with Crippen LogP contribution in [0.15, 0.2) is 21.0 Å². The van der Waals surface area contributed by atoms with Gasteiger partial charge < -0.3 is 14.6 Å². The minimum Gasteiger partial charge on any atom is -0.461 e. The van der Waals surface area contributed by atoms with Gasteiger partial charge in [-0.15, -0.1) is 0 Å². The number of fused-ring (bicyclic) bond motifs is 2. The molecule has 0 fully saturated rings. The van der Waals surface area contributed by atoms with Crippen molar-refractivity contribution >= 4 is 39.3 Å². The van der Waals surface area contributed by atoms with Crippen LogP contribution in [0.3, 0.4) is 0 Å². The van der Waals surface area contributed by atoms with Crippen LogP contribution < -0.4 is 5.73 Å². The third-order valence-electron chi connectivity index (χ3n) is 3.29. The summed E-state index contributed by atoms with van der Waals surface area (Å²) in [5.74, 6) is 1.34. The molecule has 0 spiro atoms. The van der Waals surface area contributed by atoms with Crippen LogP contribution in [-0.4, -0.2) is 12.3 Å². The molecule has 0 amide bonds. The van der Waals surface area contributed by atoms with Crippen LogP contribution in [0.5, 0.6) is 0 Å². The second kappa shape index (κ2) is 4.65.